The number of imidazole rings is 1. The third-order valence-electron chi connectivity index (χ3n) is 4.85. The van der Waals surface area contributed by atoms with Gasteiger partial charge in [-0.2, -0.15) is 0 Å². The Hall–Kier alpha value is -2.16. The summed E-state index contributed by atoms with van der Waals surface area (Å²) < 4.78 is 17.7. The molecule has 0 aliphatic carbocycles. The van der Waals surface area contributed by atoms with Gasteiger partial charge in [0.05, 0.1) is 55.3 Å². The van der Waals surface area contributed by atoms with Crippen molar-refractivity contribution in [3.63, 3.8) is 0 Å². The van der Waals surface area contributed by atoms with Gasteiger partial charge in [-0.1, -0.05) is 0 Å². The van der Waals surface area contributed by atoms with Crippen molar-refractivity contribution in [2.24, 2.45) is 0 Å². The average Bonchev–Trinajstić information content (AvgIpc) is 3.32. The molecule has 0 atom stereocenters. The molecule has 1 aromatic carbocycles. The molecule has 1 fully saturated rings. The Morgan fingerprint density at radius 1 is 1.15 bits per heavy atom. The molecule has 8 heteroatoms. The maximum absolute atomic E-state index is 5.55. The first-order valence-corrected chi connectivity index (χ1v) is 9.61. The molecule has 7 nitrogen and oxygen atoms in total. The van der Waals surface area contributed by atoms with E-state index in [1.165, 1.54) is 5.69 Å². The lowest BCUT2D eigenvalue weighted by Crippen LogP contribution is -2.36. The van der Waals surface area contributed by atoms with Crippen LogP contribution in [0, 0.1) is 0 Å². The van der Waals surface area contributed by atoms with E-state index in [0.717, 1.165) is 77.5 Å². The fourth-order valence-electron chi connectivity index (χ4n) is 3.51. The van der Waals surface area contributed by atoms with Gasteiger partial charge >= 0.3 is 0 Å². The number of aromatic nitrogens is 3. The predicted octanol–water partition coefficient (Wildman–Crippen LogP) is 2.60. The van der Waals surface area contributed by atoms with Crippen molar-refractivity contribution in [2.45, 2.75) is 13.0 Å². The minimum atomic E-state index is 0.593. The molecular weight excluding hydrogens is 352 g/mol. The molecule has 26 heavy (non-hydrogen) atoms. The topological polar surface area (TPSA) is 72.5 Å². The maximum atomic E-state index is 5.55. The number of anilines is 1. The summed E-state index contributed by atoms with van der Waals surface area (Å²) in [6, 6.07) is 4.12. The van der Waals surface area contributed by atoms with Crippen LogP contribution in [0.5, 0.6) is 5.75 Å². The SMILES string of the molecule is COc1ccc(N2CCOCC2)c2sc(-c3nc4c([nH]3)COCC4)nc12. The molecular formula is C18H20N4O3S. The van der Waals surface area contributed by atoms with Crippen LogP contribution in [0.15, 0.2) is 12.1 Å². The minimum Gasteiger partial charge on any atom is -0.494 e. The Labute approximate surface area is 154 Å². The molecule has 0 bridgehead atoms. The van der Waals surface area contributed by atoms with Gasteiger partial charge < -0.3 is 24.1 Å². The molecule has 2 aliphatic heterocycles. The van der Waals surface area contributed by atoms with Crippen LogP contribution >= 0.6 is 11.3 Å². The molecule has 0 spiro atoms. The quantitative estimate of drug-likeness (QED) is 0.762. The maximum Gasteiger partial charge on any atom is 0.167 e. The van der Waals surface area contributed by atoms with E-state index in [-0.39, 0.29) is 0 Å². The van der Waals surface area contributed by atoms with Crippen molar-refractivity contribution in [2.75, 3.05) is 44.9 Å². The fraction of sp³-hybridized carbons (Fsp3) is 0.444. The smallest absolute Gasteiger partial charge is 0.167 e. The summed E-state index contributed by atoms with van der Waals surface area (Å²) in [5.41, 5.74) is 4.23. The van der Waals surface area contributed by atoms with Gasteiger partial charge in [0.15, 0.2) is 10.8 Å². The molecule has 136 valence electrons. The number of methoxy groups -OCH3 is 1. The second-order valence-corrected chi connectivity index (χ2v) is 7.40. The second kappa shape index (κ2) is 6.53. The summed E-state index contributed by atoms with van der Waals surface area (Å²) >= 11 is 1.66. The van der Waals surface area contributed by atoms with Crippen LogP contribution in [0.3, 0.4) is 0 Å². The Balaban J connectivity index is 1.62. The first-order valence-electron chi connectivity index (χ1n) is 8.79. The highest BCUT2D eigenvalue weighted by atomic mass is 32.1. The summed E-state index contributed by atoms with van der Waals surface area (Å²) in [6.45, 7) is 4.61. The predicted molar refractivity (Wildman–Crippen MR) is 100 cm³/mol. The van der Waals surface area contributed by atoms with E-state index in [1.54, 1.807) is 18.4 Å². The van der Waals surface area contributed by atoms with Crippen LogP contribution in [0.4, 0.5) is 5.69 Å². The van der Waals surface area contributed by atoms with Gasteiger partial charge in [-0.15, -0.1) is 11.3 Å². The number of benzene rings is 1. The van der Waals surface area contributed by atoms with Crippen LogP contribution in [0.1, 0.15) is 11.4 Å². The number of fused-ring (bicyclic) bond motifs is 2. The van der Waals surface area contributed by atoms with E-state index < -0.39 is 0 Å². The standard InChI is InChI=1S/C18H20N4O3S/c1-23-14-3-2-13(22-5-8-24-9-6-22)16-15(14)21-18(26-16)17-19-11-4-7-25-10-12(11)20-17/h2-3H,4-10H2,1H3,(H,19,20). The Morgan fingerprint density at radius 2 is 2.04 bits per heavy atom. The summed E-state index contributed by atoms with van der Waals surface area (Å²) in [5, 5.41) is 0.883. The Bertz CT molecular complexity index is 922. The van der Waals surface area contributed by atoms with Crippen molar-refractivity contribution in [3.8, 4) is 16.6 Å². The van der Waals surface area contributed by atoms with Gasteiger partial charge in [0.1, 0.15) is 11.3 Å². The number of ether oxygens (including phenoxy) is 3. The van der Waals surface area contributed by atoms with Crippen molar-refractivity contribution < 1.29 is 14.2 Å². The van der Waals surface area contributed by atoms with Crippen LogP contribution in [-0.4, -0.2) is 55.0 Å². The molecule has 1 saturated heterocycles. The fourth-order valence-corrected chi connectivity index (χ4v) is 4.57. The van der Waals surface area contributed by atoms with Crippen LogP contribution in [0.2, 0.25) is 0 Å². The van der Waals surface area contributed by atoms with Gasteiger partial charge in [0.25, 0.3) is 0 Å². The lowest BCUT2D eigenvalue weighted by Gasteiger charge is -2.29. The van der Waals surface area contributed by atoms with Crippen LogP contribution < -0.4 is 9.64 Å². The van der Waals surface area contributed by atoms with E-state index >= 15 is 0 Å². The number of hydrogen-bond donors (Lipinski definition) is 1. The Morgan fingerprint density at radius 3 is 2.85 bits per heavy atom. The molecule has 2 aliphatic rings. The zero-order valence-electron chi connectivity index (χ0n) is 14.6. The number of thiazole rings is 1. The first-order chi connectivity index (χ1) is 12.8. The number of nitrogens with zero attached hydrogens (tertiary/aromatic N) is 3. The number of aromatic amines is 1. The van der Waals surface area contributed by atoms with E-state index in [0.29, 0.717) is 6.61 Å². The highest BCUT2D eigenvalue weighted by Gasteiger charge is 2.22. The third kappa shape index (κ3) is 2.65. The molecule has 0 amide bonds. The van der Waals surface area contributed by atoms with Gasteiger partial charge in [-0.05, 0) is 12.1 Å². The zero-order chi connectivity index (χ0) is 17.5. The summed E-state index contributed by atoms with van der Waals surface area (Å²) in [7, 11) is 1.69. The molecule has 2 aromatic heterocycles. The molecule has 5 rings (SSSR count). The lowest BCUT2D eigenvalue weighted by molar-refractivity contribution is 0.107. The Kier molecular flexibility index (Phi) is 4.03. The summed E-state index contributed by atoms with van der Waals surface area (Å²) in [6.07, 6.45) is 0.846. The van der Waals surface area contributed by atoms with E-state index in [2.05, 4.69) is 16.0 Å². The molecule has 1 N–H and O–H groups in total. The lowest BCUT2D eigenvalue weighted by atomic mass is 10.2. The molecule has 0 saturated carbocycles. The van der Waals surface area contributed by atoms with Crippen molar-refractivity contribution in [1.29, 1.82) is 0 Å². The number of hydrogen-bond acceptors (Lipinski definition) is 7. The summed E-state index contributed by atoms with van der Waals surface area (Å²) in [4.78, 5) is 15.3. The van der Waals surface area contributed by atoms with Gasteiger partial charge in [0.2, 0.25) is 0 Å². The zero-order valence-corrected chi connectivity index (χ0v) is 15.4. The number of H-pyrrole nitrogens is 1. The van der Waals surface area contributed by atoms with Gasteiger partial charge in [0, 0.05) is 19.5 Å². The number of morpholine rings is 1. The normalized spacial score (nSPS) is 17.5. The third-order valence-corrected chi connectivity index (χ3v) is 5.94. The minimum absolute atomic E-state index is 0.593. The van der Waals surface area contributed by atoms with Gasteiger partial charge in [-0.25, -0.2) is 9.97 Å². The highest BCUT2D eigenvalue weighted by molar-refractivity contribution is 7.22. The highest BCUT2D eigenvalue weighted by Crippen LogP contribution is 2.40. The largest absolute Gasteiger partial charge is 0.494 e. The van der Waals surface area contributed by atoms with E-state index in [9.17, 15) is 0 Å². The molecule has 4 heterocycles. The van der Waals surface area contributed by atoms with Crippen LogP contribution in [0.25, 0.3) is 21.0 Å². The van der Waals surface area contributed by atoms with Crippen molar-refractivity contribution in [1.82, 2.24) is 15.0 Å². The number of nitrogens with one attached hydrogen (secondary N) is 1. The number of rotatable bonds is 3. The van der Waals surface area contributed by atoms with Crippen LogP contribution in [-0.2, 0) is 22.5 Å². The average molecular weight is 372 g/mol. The van der Waals surface area contributed by atoms with E-state index in [1.807, 2.05) is 6.07 Å². The second-order valence-electron chi connectivity index (χ2n) is 6.40. The van der Waals surface area contributed by atoms with Gasteiger partial charge in [-0.3, -0.25) is 0 Å². The molecule has 3 aromatic rings. The molecule has 0 unspecified atom stereocenters. The molecule has 0 radical (unpaired) electrons. The first kappa shape index (κ1) is 16.0. The van der Waals surface area contributed by atoms with Crippen molar-refractivity contribution >= 4 is 27.2 Å². The monoisotopic (exact) mass is 372 g/mol. The van der Waals surface area contributed by atoms with Crippen molar-refractivity contribution in [3.05, 3.63) is 23.5 Å². The van der Waals surface area contributed by atoms with E-state index in [4.69, 9.17) is 24.2 Å². The summed E-state index contributed by atoms with van der Waals surface area (Å²) in [5.74, 6) is 1.61.